The Balaban J connectivity index is 0.000000500. The molecule has 1 aromatic rings. The van der Waals surface area contributed by atoms with Crippen LogP contribution in [0.15, 0.2) is 24.3 Å². The van der Waals surface area contributed by atoms with E-state index in [0.717, 1.165) is 5.57 Å². The van der Waals surface area contributed by atoms with Crippen LogP contribution in [0.3, 0.4) is 0 Å². The molecule has 0 fully saturated rings. The Morgan fingerprint density at radius 3 is 2.18 bits per heavy atom. The molecular weight excluding hydrogens is 212 g/mol. The maximum absolute atomic E-state index is 3.85. The summed E-state index contributed by atoms with van der Waals surface area (Å²) in [6.45, 7) is 3.85. The molecule has 0 saturated carbocycles. The third-order valence-corrected chi connectivity index (χ3v) is 1.64. The fourth-order valence-electron chi connectivity index (χ4n) is 1.10. The summed E-state index contributed by atoms with van der Waals surface area (Å²) >= 11 is 0. The SMILES string of the molecule is [Br-].[CH2-]C1=Cc2ccccc21.[Mg+2]. The second-order valence-corrected chi connectivity index (χ2v) is 2.26. The number of allylic oxidation sites excluding steroid dienone is 1. The van der Waals surface area contributed by atoms with Gasteiger partial charge in [0.25, 0.3) is 0 Å². The third-order valence-electron chi connectivity index (χ3n) is 1.64. The van der Waals surface area contributed by atoms with Gasteiger partial charge in [-0.05, 0) is 0 Å². The van der Waals surface area contributed by atoms with E-state index in [1.54, 1.807) is 0 Å². The number of rotatable bonds is 0. The van der Waals surface area contributed by atoms with E-state index in [9.17, 15) is 0 Å². The van der Waals surface area contributed by atoms with Crippen molar-refractivity contribution in [1.29, 1.82) is 0 Å². The Morgan fingerprint density at radius 1 is 1.09 bits per heavy atom. The predicted octanol–water partition coefficient (Wildman–Crippen LogP) is -1.00. The van der Waals surface area contributed by atoms with Crippen molar-refractivity contribution in [2.24, 2.45) is 0 Å². The van der Waals surface area contributed by atoms with E-state index >= 15 is 0 Å². The standard InChI is InChI=1S/C9H7.BrH.Mg/c1-7-6-8-4-2-3-5-9(7)8;;/h2-6H,1H2;1H;/q-1;;+2/p-1. The van der Waals surface area contributed by atoms with Crippen molar-refractivity contribution in [2.75, 3.05) is 0 Å². The van der Waals surface area contributed by atoms with Crippen molar-refractivity contribution >= 4 is 34.7 Å². The van der Waals surface area contributed by atoms with Crippen LogP contribution in [0.2, 0.25) is 0 Å². The van der Waals surface area contributed by atoms with Gasteiger partial charge in [-0.2, -0.15) is 18.6 Å². The molecule has 1 aromatic carbocycles. The minimum Gasteiger partial charge on any atom is -1.00 e. The van der Waals surface area contributed by atoms with Crippen molar-refractivity contribution in [1.82, 2.24) is 0 Å². The Morgan fingerprint density at radius 2 is 1.73 bits per heavy atom. The van der Waals surface area contributed by atoms with Crippen LogP contribution in [0.1, 0.15) is 11.1 Å². The minimum atomic E-state index is 0. The molecule has 0 aromatic heterocycles. The van der Waals surface area contributed by atoms with Crippen LogP contribution in [-0.4, -0.2) is 23.1 Å². The molecule has 11 heavy (non-hydrogen) atoms. The topological polar surface area (TPSA) is 0 Å². The number of halogens is 1. The molecule has 52 valence electrons. The Labute approximate surface area is 93.6 Å². The zero-order valence-corrected chi connectivity index (χ0v) is 9.18. The van der Waals surface area contributed by atoms with Gasteiger partial charge in [-0.3, -0.25) is 0 Å². The summed E-state index contributed by atoms with van der Waals surface area (Å²) in [4.78, 5) is 0. The molecule has 0 radical (unpaired) electrons. The van der Waals surface area contributed by atoms with Gasteiger partial charge < -0.3 is 17.0 Å². The zero-order valence-electron chi connectivity index (χ0n) is 6.18. The van der Waals surface area contributed by atoms with Gasteiger partial charge >= 0.3 is 23.1 Å². The summed E-state index contributed by atoms with van der Waals surface area (Å²) in [5, 5.41) is 0. The summed E-state index contributed by atoms with van der Waals surface area (Å²) in [6.07, 6.45) is 2.09. The van der Waals surface area contributed by atoms with E-state index in [2.05, 4.69) is 25.1 Å². The van der Waals surface area contributed by atoms with Crippen LogP contribution >= 0.6 is 0 Å². The normalized spacial score (nSPS) is 11.1. The number of hydrogen-bond donors (Lipinski definition) is 0. The largest absolute Gasteiger partial charge is 2.00 e. The van der Waals surface area contributed by atoms with Gasteiger partial charge in [-0.15, -0.1) is 17.2 Å². The smallest absolute Gasteiger partial charge is 1.00 e. The number of fused-ring (bicyclic) bond motifs is 1. The Hall–Kier alpha value is 0.0762. The first-order valence-corrected chi connectivity index (χ1v) is 3.01. The van der Waals surface area contributed by atoms with Crippen molar-refractivity contribution in [3.63, 3.8) is 0 Å². The molecule has 0 saturated heterocycles. The maximum Gasteiger partial charge on any atom is 2.00 e. The number of benzene rings is 1. The molecule has 2 rings (SSSR count). The van der Waals surface area contributed by atoms with E-state index < -0.39 is 0 Å². The van der Waals surface area contributed by atoms with Crippen molar-refractivity contribution < 1.29 is 17.0 Å². The van der Waals surface area contributed by atoms with Gasteiger partial charge in [-0.1, -0.05) is 18.2 Å². The maximum atomic E-state index is 3.85. The van der Waals surface area contributed by atoms with E-state index in [1.165, 1.54) is 11.1 Å². The van der Waals surface area contributed by atoms with Crippen LogP contribution in [0.5, 0.6) is 0 Å². The van der Waals surface area contributed by atoms with Crippen LogP contribution in [-0.2, 0) is 0 Å². The minimum absolute atomic E-state index is 0. The van der Waals surface area contributed by atoms with Crippen molar-refractivity contribution in [2.45, 2.75) is 0 Å². The fraction of sp³-hybridized carbons (Fsp3) is 0. The quantitative estimate of drug-likeness (QED) is 0.388. The van der Waals surface area contributed by atoms with E-state index in [1.807, 2.05) is 12.1 Å². The van der Waals surface area contributed by atoms with E-state index in [4.69, 9.17) is 0 Å². The molecule has 0 nitrogen and oxygen atoms in total. The average molecular weight is 219 g/mol. The molecule has 0 bridgehead atoms. The van der Waals surface area contributed by atoms with E-state index in [0.29, 0.717) is 0 Å². The van der Waals surface area contributed by atoms with Gasteiger partial charge in [0, 0.05) is 0 Å². The summed E-state index contributed by atoms with van der Waals surface area (Å²) in [5.74, 6) is 0. The first kappa shape index (κ1) is 11.1. The molecule has 2 heteroatoms. The Kier molecular flexibility index (Phi) is 4.22. The monoisotopic (exact) mass is 218 g/mol. The molecule has 0 unspecified atom stereocenters. The first-order chi connectivity index (χ1) is 4.38. The summed E-state index contributed by atoms with van der Waals surface area (Å²) in [7, 11) is 0. The van der Waals surface area contributed by atoms with Gasteiger partial charge in [0.15, 0.2) is 0 Å². The zero-order chi connectivity index (χ0) is 6.27. The summed E-state index contributed by atoms with van der Waals surface area (Å²) in [6, 6.07) is 8.28. The second kappa shape index (κ2) is 4.19. The summed E-state index contributed by atoms with van der Waals surface area (Å²) in [5.41, 5.74) is 3.78. The fourth-order valence-corrected chi connectivity index (χ4v) is 1.10. The van der Waals surface area contributed by atoms with Gasteiger partial charge in [0.2, 0.25) is 0 Å². The van der Waals surface area contributed by atoms with Crippen molar-refractivity contribution in [3.8, 4) is 0 Å². The second-order valence-electron chi connectivity index (χ2n) is 2.26. The predicted molar refractivity (Wildman–Crippen MR) is 45.4 cm³/mol. The average Bonchev–Trinajstić information content (AvgIpc) is 1.86. The molecule has 0 amide bonds. The molecule has 0 aliphatic heterocycles. The molecule has 1 aliphatic rings. The van der Waals surface area contributed by atoms with Crippen LogP contribution in [0, 0.1) is 6.92 Å². The molecular formula is C9H7BrMg. The summed E-state index contributed by atoms with van der Waals surface area (Å²) < 4.78 is 0. The van der Waals surface area contributed by atoms with Crippen LogP contribution in [0.25, 0.3) is 11.6 Å². The van der Waals surface area contributed by atoms with Gasteiger partial charge in [0.05, 0.1) is 0 Å². The number of hydrogen-bond acceptors (Lipinski definition) is 0. The molecule has 0 heterocycles. The van der Waals surface area contributed by atoms with Gasteiger partial charge in [0.1, 0.15) is 0 Å². The molecule has 0 atom stereocenters. The Bertz CT molecular complexity index is 279. The van der Waals surface area contributed by atoms with E-state index in [-0.39, 0.29) is 40.0 Å². The van der Waals surface area contributed by atoms with Crippen LogP contribution in [0.4, 0.5) is 0 Å². The third kappa shape index (κ3) is 1.81. The first-order valence-electron chi connectivity index (χ1n) is 3.01. The van der Waals surface area contributed by atoms with Gasteiger partial charge in [-0.25, -0.2) is 0 Å². The molecule has 0 N–H and O–H groups in total. The van der Waals surface area contributed by atoms with Crippen molar-refractivity contribution in [3.05, 3.63) is 42.3 Å². The van der Waals surface area contributed by atoms with Crippen LogP contribution < -0.4 is 17.0 Å². The molecule has 1 aliphatic carbocycles. The molecule has 0 spiro atoms.